The molecule has 0 radical (unpaired) electrons. The standard InChI is InChI=1S/C39H62O6/c1-24(2)25-12-18-39(19-15-30(40)41)21-20-37(8)26(33(25)39)10-11-28-36(7)16-14-29(35(5,6)27(36)13-17-38(28,37)9)45-32(44)23-34(3,4)22-31(42)43/h25-29,33H,1,10-23H2,2-9H3,(H,40,41)(H,42,43)/t25-,26+,27-,28+,29-,33+,36-,37+,38+,39-/m0/s1. The van der Waals surface area contributed by atoms with Crippen LogP contribution >= 0.6 is 0 Å². The number of carbonyl (C=O) groups is 3. The Bertz CT molecular complexity index is 1220. The number of esters is 1. The van der Waals surface area contributed by atoms with Crippen molar-refractivity contribution in [2.24, 2.45) is 62.1 Å². The Morgan fingerprint density at radius 2 is 1.49 bits per heavy atom. The van der Waals surface area contributed by atoms with E-state index in [1.807, 2.05) is 13.8 Å². The highest BCUT2D eigenvalue weighted by atomic mass is 16.5. The van der Waals surface area contributed by atoms with Crippen molar-refractivity contribution in [3.8, 4) is 0 Å². The first-order chi connectivity index (χ1) is 20.7. The van der Waals surface area contributed by atoms with Crippen LogP contribution in [0.25, 0.3) is 0 Å². The minimum Gasteiger partial charge on any atom is -0.481 e. The lowest BCUT2D eigenvalue weighted by atomic mass is 9.32. The van der Waals surface area contributed by atoms with E-state index in [4.69, 9.17) is 4.74 Å². The van der Waals surface area contributed by atoms with E-state index in [-0.39, 0.29) is 58.4 Å². The zero-order valence-electron chi connectivity index (χ0n) is 29.6. The van der Waals surface area contributed by atoms with Crippen molar-refractivity contribution in [1.82, 2.24) is 0 Å². The molecule has 0 unspecified atom stereocenters. The normalized spacial score (nSPS) is 43.6. The first kappa shape index (κ1) is 34.5. The van der Waals surface area contributed by atoms with Gasteiger partial charge in [0.25, 0.3) is 0 Å². The molecule has 0 saturated heterocycles. The highest BCUT2D eigenvalue weighted by Gasteiger charge is 2.71. The Morgan fingerprint density at radius 1 is 0.800 bits per heavy atom. The summed E-state index contributed by atoms with van der Waals surface area (Å²) in [6, 6.07) is 0. The maximum absolute atomic E-state index is 13.1. The summed E-state index contributed by atoms with van der Waals surface area (Å²) in [7, 11) is 0. The number of rotatable bonds is 9. The number of aliphatic carboxylic acids is 2. The van der Waals surface area contributed by atoms with Crippen molar-refractivity contribution >= 4 is 17.9 Å². The van der Waals surface area contributed by atoms with Gasteiger partial charge < -0.3 is 14.9 Å². The molecule has 6 heteroatoms. The summed E-state index contributed by atoms with van der Waals surface area (Å²) in [5.74, 6) is 0.876. The summed E-state index contributed by atoms with van der Waals surface area (Å²) < 4.78 is 6.24. The van der Waals surface area contributed by atoms with Crippen LogP contribution in [0.2, 0.25) is 0 Å². The third-order valence-corrected chi connectivity index (χ3v) is 15.5. The summed E-state index contributed by atoms with van der Waals surface area (Å²) >= 11 is 0. The number of hydrogen-bond donors (Lipinski definition) is 2. The van der Waals surface area contributed by atoms with E-state index in [0.717, 1.165) is 44.9 Å². The van der Waals surface area contributed by atoms with E-state index in [1.54, 1.807) is 0 Å². The fourth-order valence-corrected chi connectivity index (χ4v) is 13.3. The lowest BCUT2D eigenvalue weighted by molar-refractivity contribution is -0.250. The van der Waals surface area contributed by atoms with Crippen molar-refractivity contribution in [3.63, 3.8) is 0 Å². The van der Waals surface area contributed by atoms with Gasteiger partial charge in [0, 0.05) is 11.8 Å². The number of carboxylic acid groups (broad SMARTS) is 2. The minimum absolute atomic E-state index is 0.0501. The number of carbonyl (C=O) groups excluding carboxylic acids is 1. The smallest absolute Gasteiger partial charge is 0.306 e. The van der Waals surface area contributed by atoms with Crippen molar-refractivity contribution in [2.75, 3.05) is 0 Å². The van der Waals surface area contributed by atoms with Gasteiger partial charge in [-0.25, -0.2) is 0 Å². The van der Waals surface area contributed by atoms with Gasteiger partial charge in [-0.1, -0.05) is 60.6 Å². The summed E-state index contributed by atoms with van der Waals surface area (Å²) in [6.07, 6.45) is 12.3. The lowest BCUT2D eigenvalue weighted by Crippen LogP contribution is -2.66. The van der Waals surface area contributed by atoms with Crippen LogP contribution in [0.5, 0.6) is 0 Å². The monoisotopic (exact) mass is 626 g/mol. The maximum Gasteiger partial charge on any atom is 0.306 e. The van der Waals surface area contributed by atoms with Crippen LogP contribution in [-0.2, 0) is 19.1 Å². The second kappa shape index (κ2) is 11.4. The predicted molar refractivity (Wildman–Crippen MR) is 176 cm³/mol. The number of allylic oxidation sites excluding steroid dienone is 1. The van der Waals surface area contributed by atoms with Crippen LogP contribution in [-0.4, -0.2) is 34.2 Å². The SMILES string of the molecule is C=C(C)[C@@H]1CC[C@]2(CCC(=O)O)CC[C@]3(C)[C@H](CC[C@@H]4[C@@]5(C)CC[C@H](OC(=O)CC(C)(C)CC(=O)O)C(C)(C)[C@@H]5CC[C@]43C)[C@@H]12. The van der Waals surface area contributed by atoms with Gasteiger partial charge in [-0.3, -0.25) is 14.4 Å². The number of hydrogen-bond acceptors (Lipinski definition) is 4. The lowest BCUT2D eigenvalue weighted by Gasteiger charge is -2.73. The van der Waals surface area contributed by atoms with Gasteiger partial charge in [0.2, 0.25) is 0 Å². The molecular weight excluding hydrogens is 564 g/mol. The van der Waals surface area contributed by atoms with Crippen molar-refractivity contribution in [2.45, 2.75) is 151 Å². The Kier molecular flexibility index (Phi) is 8.73. The Labute approximate surface area is 272 Å². The quantitative estimate of drug-likeness (QED) is 0.195. The van der Waals surface area contributed by atoms with Crippen LogP contribution in [0.15, 0.2) is 12.2 Å². The molecule has 0 bridgehead atoms. The molecule has 0 aromatic rings. The summed E-state index contributed by atoms with van der Waals surface area (Å²) in [5.41, 5.74) is 1.23. The van der Waals surface area contributed by atoms with Crippen LogP contribution in [0.4, 0.5) is 0 Å². The molecule has 10 atom stereocenters. The van der Waals surface area contributed by atoms with Crippen LogP contribution in [0, 0.1) is 62.1 Å². The number of ether oxygens (including phenoxy) is 1. The van der Waals surface area contributed by atoms with E-state index in [1.165, 1.54) is 31.3 Å². The fraction of sp³-hybridized carbons (Fsp3) is 0.872. The Morgan fingerprint density at radius 3 is 2.11 bits per heavy atom. The molecule has 6 nitrogen and oxygen atoms in total. The van der Waals surface area contributed by atoms with Gasteiger partial charge in [-0.05, 0) is 134 Å². The summed E-state index contributed by atoms with van der Waals surface area (Å²) in [6.45, 7) is 22.8. The second-order valence-corrected chi connectivity index (χ2v) is 18.7. The predicted octanol–water partition coefficient (Wildman–Crippen LogP) is 9.31. The topological polar surface area (TPSA) is 101 Å². The molecule has 0 heterocycles. The molecule has 5 aliphatic carbocycles. The van der Waals surface area contributed by atoms with Crippen molar-refractivity contribution < 1.29 is 29.3 Å². The largest absolute Gasteiger partial charge is 0.481 e. The van der Waals surface area contributed by atoms with Crippen molar-refractivity contribution in [3.05, 3.63) is 12.2 Å². The summed E-state index contributed by atoms with van der Waals surface area (Å²) in [5, 5.41) is 19.0. The molecule has 0 aromatic carbocycles. The molecule has 0 aliphatic heterocycles. The van der Waals surface area contributed by atoms with Crippen LogP contribution < -0.4 is 0 Å². The van der Waals surface area contributed by atoms with Crippen molar-refractivity contribution in [1.29, 1.82) is 0 Å². The highest BCUT2D eigenvalue weighted by molar-refractivity contribution is 5.73. The molecular formula is C39H62O6. The Hall–Kier alpha value is -1.85. The molecule has 5 rings (SSSR count). The first-order valence-electron chi connectivity index (χ1n) is 18.0. The van der Waals surface area contributed by atoms with Crippen LogP contribution in [0.1, 0.15) is 145 Å². The van der Waals surface area contributed by atoms with Gasteiger partial charge in [0.15, 0.2) is 0 Å². The maximum atomic E-state index is 13.1. The molecule has 5 fully saturated rings. The molecule has 5 saturated carbocycles. The number of carboxylic acids is 2. The molecule has 45 heavy (non-hydrogen) atoms. The highest BCUT2D eigenvalue weighted by Crippen LogP contribution is 2.78. The third-order valence-electron chi connectivity index (χ3n) is 15.5. The molecule has 0 aromatic heterocycles. The van der Waals surface area contributed by atoms with E-state index in [9.17, 15) is 24.6 Å². The Balaban J connectivity index is 1.39. The first-order valence-corrected chi connectivity index (χ1v) is 18.0. The summed E-state index contributed by atoms with van der Waals surface area (Å²) in [4.78, 5) is 36.2. The average Bonchev–Trinajstić information content (AvgIpc) is 3.29. The van der Waals surface area contributed by atoms with Gasteiger partial charge in [0.1, 0.15) is 6.10 Å². The van der Waals surface area contributed by atoms with E-state index >= 15 is 0 Å². The van der Waals surface area contributed by atoms with Gasteiger partial charge in [0.05, 0.1) is 12.8 Å². The minimum atomic E-state index is -0.887. The van der Waals surface area contributed by atoms with Gasteiger partial charge in [-0.15, -0.1) is 0 Å². The fourth-order valence-electron chi connectivity index (χ4n) is 13.3. The third kappa shape index (κ3) is 5.50. The van der Waals surface area contributed by atoms with E-state index < -0.39 is 17.4 Å². The van der Waals surface area contributed by atoms with E-state index in [0.29, 0.717) is 29.6 Å². The average molecular weight is 627 g/mol. The van der Waals surface area contributed by atoms with Gasteiger partial charge in [-0.2, -0.15) is 0 Å². The zero-order valence-corrected chi connectivity index (χ0v) is 29.6. The van der Waals surface area contributed by atoms with E-state index in [2.05, 4.69) is 48.1 Å². The molecule has 2 N–H and O–H groups in total. The molecule has 254 valence electrons. The molecule has 0 amide bonds. The molecule has 5 aliphatic rings. The number of fused-ring (bicyclic) bond motifs is 7. The second-order valence-electron chi connectivity index (χ2n) is 18.7. The molecule has 0 spiro atoms. The van der Waals surface area contributed by atoms with Gasteiger partial charge >= 0.3 is 17.9 Å². The zero-order chi connectivity index (χ0) is 33.4. The van der Waals surface area contributed by atoms with Crippen LogP contribution in [0.3, 0.4) is 0 Å².